The third-order valence-electron chi connectivity index (χ3n) is 3.05. The fourth-order valence-electron chi connectivity index (χ4n) is 2.09. The summed E-state index contributed by atoms with van der Waals surface area (Å²) in [4.78, 5) is 16.8. The van der Waals surface area contributed by atoms with Gasteiger partial charge in [-0.2, -0.15) is 0 Å². The van der Waals surface area contributed by atoms with Gasteiger partial charge in [0.05, 0.1) is 11.2 Å². The second kappa shape index (κ2) is 5.54. The number of thiophene rings is 1. The van der Waals surface area contributed by atoms with Gasteiger partial charge in [-0.05, 0) is 25.1 Å². The van der Waals surface area contributed by atoms with Crippen molar-refractivity contribution in [3.05, 3.63) is 57.9 Å². The van der Waals surface area contributed by atoms with E-state index in [0.717, 1.165) is 21.5 Å². The number of aromatic nitrogens is 1. The highest BCUT2D eigenvalue weighted by Gasteiger charge is 2.15. The van der Waals surface area contributed by atoms with Crippen molar-refractivity contribution in [2.75, 3.05) is 0 Å². The number of hydrogen-bond donors (Lipinski definition) is 1. The molecule has 0 radical (unpaired) electrons. The van der Waals surface area contributed by atoms with Crippen LogP contribution in [0, 0.1) is 6.92 Å². The van der Waals surface area contributed by atoms with Crippen molar-refractivity contribution in [1.82, 2.24) is 4.98 Å². The first-order valence-corrected chi connectivity index (χ1v) is 7.26. The van der Waals surface area contributed by atoms with Crippen molar-refractivity contribution in [3.8, 4) is 5.75 Å². The second-order valence-corrected chi connectivity index (χ2v) is 5.90. The molecule has 0 aliphatic heterocycles. The molecule has 0 aliphatic rings. The van der Waals surface area contributed by atoms with Crippen molar-refractivity contribution >= 4 is 28.2 Å². The largest absolute Gasteiger partial charge is 0.485 e. The van der Waals surface area contributed by atoms with E-state index in [9.17, 15) is 4.79 Å². The number of aryl methyl sites for hydroxylation is 1. The molecule has 5 heteroatoms. The molecule has 1 aromatic carbocycles. The van der Waals surface area contributed by atoms with E-state index in [4.69, 9.17) is 9.84 Å². The quantitative estimate of drug-likeness (QED) is 0.794. The van der Waals surface area contributed by atoms with Crippen LogP contribution in [0.3, 0.4) is 0 Å². The Hall–Kier alpha value is -2.40. The maximum absolute atomic E-state index is 11.1. The second-order valence-electron chi connectivity index (χ2n) is 4.64. The highest BCUT2D eigenvalue weighted by atomic mass is 32.1. The van der Waals surface area contributed by atoms with Crippen molar-refractivity contribution < 1.29 is 14.6 Å². The molecule has 0 aliphatic carbocycles. The van der Waals surface area contributed by atoms with Crippen LogP contribution in [0.25, 0.3) is 10.9 Å². The number of benzene rings is 1. The molecule has 1 N–H and O–H groups in total. The summed E-state index contributed by atoms with van der Waals surface area (Å²) >= 11 is 1.22. The minimum atomic E-state index is -0.963. The number of hydrogen-bond acceptors (Lipinski definition) is 4. The van der Waals surface area contributed by atoms with Crippen molar-refractivity contribution in [3.63, 3.8) is 0 Å². The summed E-state index contributed by atoms with van der Waals surface area (Å²) in [5.74, 6) is -0.561. The number of nitrogens with zero attached hydrogens (tertiary/aromatic N) is 1. The standard InChI is InChI=1S/C16H13NO3S/c1-10-8-14(15(21-10)16(18)19)20-9-12-7-6-11-4-2-3-5-13(11)17-12/h2-8H,9H2,1H3,(H,18,19). The molecule has 3 rings (SSSR count). The minimum Gasteiger partial charge on any atom is -0.485 e. The van der Waals surface area contributed by atoms with Gasteiger partial charge in [0.15, 0.2) is 4.88 Å². The average molecular weight is 299 g/mol. The van der Waals surface area contributed by atoms with Gasteiger partial charge in [-0.25, -0.2) is 9.78 Å². The van der Waals surface area contributed by atoms with Crippen LogP contribution in [-0.2, 0) is 6.61 Å². The van der Waals surface area contributed by atoms with Crippen LogP contribution < -0.4 is 4.74 Å². The number of carboxylic acid groups (broad SMARTS) is 1. The SMILES string of the molecule is Cc1cc(OCc2ccc3ccccc3n2)c(C(=O)O)s1. The highest BCUT2D eigenvalue weighted by molar-refractivity contribution is 7.14. The van der Waals surface area contributed by atoms with Crippen LogP contribution in [0.1, 0.15) is 20.2 Å². The van der Waals surface area contributed by atoms with Crippen molar-refractivity contribution in [2.24, 2.45) is 0 Å². The van der Waals surface area contributed by atoms with E-state index in [1.54, 1.807) is 6.07 Å². The first-order valence-electron chi connectivity index (χ1n) is 6.44. The Morgan fingerprint density at radius 3 is 2.90 bits per heavy atom. The summed E-state index contributed by atoms with van der Waals surface area (Å²) < 4.78 is 5.62. The van der Waals surface area contributed by atoms with E-state index >= 15 is 0 Å². The summed E-state index contributed by atoms with van der Waals surface area (Å²) in [6.07, 6.45) is 0. The zero-order chi connectivity index (χ0) is 14.8. The van der Waals surface area contributed by atoms with E-state index in [-0.39, 0.29) is 11.5 Å². The maximum Gasteiger partial charge on any atom is 0.349 e. The van der Waals surface area contributed by atoms with Crippen molar-refractivity contribution in [2.45, 2.75) is 13.5 Å². The number of carbonyl (C=O) groups is 1. The summed E-state index contributed by atoms with van der Waals surface area (Å²) in [6, 6.07) is 13.5. The number of para-hydroxylation sites is 1. The smallest absolute Gasteiger partial charge is 0.349 e. The lowest BCUT2D eigenvalue weighted by Gasteiger charge is -2.06. The first kappa shape index (κ1) is 13.6. The number of carboxylic acids is 1. The van der Waals surface area contributed by atoms with Crippen LogP contribution in [0.5, 0.6) is 5.75 Å². The van der Waals surface area contributed by atoms with Crippen molar-refractivity contribution in [1.29, 1.82) is 0 Å². The van der Waals surface area contributed by atoms with Crippen LogP contribution in [-0.4, -0.2) is 16.1 Å². The molecular weight excluding hydrogens is 286 g/mol. The Kier molecular flexibility index (Phi) is 3.58. The van der Waals surface area contributed by atoms with Gasteiger partial charge in [0.2, 0.25) is 0 Å². The van der Waals surface area contributed by atoms with Crippen LogP contribution >= 0.6 is 11.3 Å². The molecule has 0 spiro atoms. The number of pyridine rings is 1. The monoisotopic (exact) mass is 299 g/mol. The Morgan fingerprint density at radius 1 is 1.29 bits per heavy atom. The normalized spacial score (nSPS) is 10.7. The maximum atomic E-state index is 11.1. The molecule has 21 heavy (non-hydrogen) atoms. The molecule has 0 saturated carbocycles. The van der Waals surface area contributed by atoms with Gasteiger partial charge in [0.1, 0.15) is 12.4 Å². The van der Waals surface area contributed by atoms with Gasteiger partial charge in [-0.15, -0.1) is 11.3 Å². The van der Waals surface area contributed by atoms with E-state index in [1.807, 2.05) is 43.3 Å². The Bertz CT molecular complexity index is 810. The zero-order valence-corrected chi connectivity index (χ0v) is 12.2. The lowest BCUT2D eigenvalue weighted by molar-refractivity contribution is 0.0697. The molecule has 2 aromatic heterocycles. The van der Waals surface area contributed by atoms with E-state index in [2.05, 4.69) is 4.98 Å². The Balaban J connectivity index is 1.81. The van der Waals surface area contributed by atoms with Crippen LogP contribution in [0.15, 0.2) is 42.5 Å². The number of rotatable bonds is 4. The predicted octanol–water partition coefficient (Wildman–Crippen LogP) is 3.88. The van der Waals surface area contributed by atoms with E-state index in [0.29, 0.717) is 5.75 Å². The molecule has 0 saturated heterocycles. The molecule has 4 nitrogen and oxygen atoms in total. The molecule has 0 unspecified atom stereocenters. The molecule has 106 valence electrons. The molecule has 2 heterocycles. The fraction of sp³-hybridized carbons (Fsp3) is 0.125. The number of aromatic carboxylic acids is 1. The summed E-state index contributed by atoms with van der Waals surface area (Å²) in [6.45, 7) is 2.11. The average Bonchev–Trinajstić information content (AvgIpc) is 2.86. The summed E-state index contributed by atoms with van der Waals surface area (Å²) in [7, 11) is 0. The van der Waals surface area contributed by atoms with Crippen LogP contribution in [0.4, 0.5) is 0 Å². The topological polar surface area (TPSA) is 59.4 Å². The molecule has 0 bridgehead atoms. The highest BCUT2D eigenvalue weighted by Crippen LogP contribution is 2.29. The van der Waals surface area contributed by atoms with Gasteiger partial charge in [0, 0.05) is 10.3 Å². The van der Waals surface area contributed by atoms with Crippen LogP contribution in [0.2, 0.25) is 0 Å². The Labute approximate surface area is 125 Å². The van der Waals surface area contributed by atoms with Gasteiger partial charge in [-0.3, -0.25) is 0 Å². The number of ether oxygens (including phenoxy) is 1. The van der Waals surface area contributed by atoms with E-state index in [1.165, 1.54) is 11.3 Å². The number of fused-ring (bicyclic) bond motifs is 1. The molecule has 0 amide bonds. The van der Waals surface area contributed by atoms with E-state index < -0.39 is 5.97 Å². The summed E-state index contributed by atoms with van der Waals surface area (Å²) in [5, 5.41) is 10.2. The zero-order valence-electron chi connectivity index (χ0n) is 11.4. The molecule has 3 aromatic rings. The van der Waals surface area contributed by atoms with Gasteiger partial charge in [-0.1, -0.05) is 24.3 Å². The third-order valence-corrected chi connectivity index (χ3v) is 4.07. The third kappa shape index (κ3) is 2.87. The molecule has 0 atom stereocenters. The minimum absolute atomic E-state index is 0.230. The predicted molar refractivity (Wildman–Crippen MR) is 82.1 cm³/mol. The van der Waals surface area contributed by atoms with Gasteiger partial charge < -0.3 is 9.84 Å². The Morgan fingerprint density at radius 2 is 2.10 bits per heavy atom. The molecule has 0 fully saturated rings. The lowest BCUT2D eigenvalue weighted by atomic mass is 10.2. The van der Waals surface area contributed by atoms with Gasteiger partial charge in [0.25, 0.3) is 0 Å². The first-order chi connectivity index (χ1) is 10.1. The van der Waals surface area contributed by atoms with Gasteiger partial charge >= 0.3 is 5.97 Å². The summed E-state index contributed by atoms with van der Waals surface area (Å²) in [5.41, 5.74) is 1.67. The lowest BCUT2D eigenvalue weighted by Crippen LogP contribution is -2.01. The fourth-order valence-corrected chi connectivity index (χ4v) is 2.88. The molecular formula is C16H13NO3S.